The van der Waals surface area contributed by atoms with Crippen LogP contribution >= 0.6 is 0 Å². The average Bonchev–Trinajstić information content (AvgIpc) is 1.98. The zero-order valence-corrected chi connectivity index (χ0v) is 9.62. The minimum absolute atomic E-state index is 0.0250. The maximum Gasteiger partial charge on any atom is 0.321 e. The Kier molecular flexibility index (Phi) is 2.34. The van der Waals surface area contributed by atoms with E-state index in [1.165, 1.54) is 12.8 Å². The van der Waals surface area contributed by atoms with Crippen molar-refractivity contribution < 1.29 is 9.90 Å². The molecule has 15 heavy (non-hydrogen) atoms. The largest absolute Gasteiger partial charge is 0.480 e. The summed E-state index contributed by atoms with van der Waals surface area (Å²) in [5, 5.41) is 8.88. The summed E-state index contributed by atoms with van der Waals surface area (Å²) >= 11 is 0. The Balaban J connectivity index is 1.82. The highest BCUT2D eigenvalue weighted by Crippen LogP contribution is 2.76. The third-order valence-electron chi connectivity index (χ3n) is 4.36. The van der Waals surface area contributed by atoms with Crippen molar-refractivity contribution in [3.63, 3.8) is 0 Å². The molecule has 86 valence electrons. The summed E-state index contributed by atoms with van der Waals surface area (Å²) in [6, 6.07) is -0.626. The molecule has 3 N–H and O–H groups in total. The van der Waals surface area contributed by atoms with E-state index in [1.54, 1.807) is 0 Å². The van der Waals surface area contributed by atoms with E-state index in [0.717, 1.165) is 25.2 Å². The van der Waals surface area contributed by atoms with E-state index in [0.29, 0.717) is 5.41 Å². The topological polar surface area (TPSA) is 63.3 Å². The number of carbonyl (C=O) groups is 1. The Bertz CT molecular complexity index is 266. The van der Waals surface area contributed by atoms with E-state index >= 15 is 0 Å². The van der Waals surface area contributed by atoms with Gasteiger partial charge in [-0.3, -0.25) is 4.79 Å². The Labute approximate surface area is 91.0 Å². The van der Waals surface area contributed by atoms with Crippen LogP contribution in [-0.4, -0.2) is 17.1 Å². The fourth-order valence-corrected chi connectivity index (χ4v) is 3.54. The van der Waals surface area contributed by atoms with Crippen LogP contribution in [0.1, 0.15) is 46.0 Å². The van der Waals surface area contributed by atoms with Gasteiger partial charge in [-0.25, -0.2) is 0 Å². The van der Waals surface area contributed by atoms with Gasteiger partial charge in [0, 0.05) is 0 Å². The number of nitrogens with two attached hydrogens (primary N) is 1. The first-order valence-corrected chi connectivity index (χ1v) is 5.88. The smallest absolute Gasteiger partial charge is 0.321 e. The minimum atomic E-state index is -0.827. The Morgan fingerprint density at radius 1 is 1.40 bits per heavy atom. The molecule has 0 aromatic rings. The summed E-state index contributed by atoms with van der Waals surface area (Å²) in [6.45, 7) is 4.48. The molecule has 3 aliphatic rings. The van der Waals surface area contributed by atoms with E-state index in [2.05, 4.69) is 13.8 Å². The van der Waals surface area contributed by atoms with Gasteiger partial charge in [0.2, 0.25) is 0 Å². The summed E-state index contributed by atoms with van der Waals surface area (Å²) in [5.41, 5.74) is 6.17. The third kappa shape index (κ3) is 1.57. The van der Waals surface area contributed by atoms with Crippen molar-refractivity contribution in [3.8, 4) is 0 Å². The molecule has 0 aromatic heterocycles. The van der Waals surface area contributed by atoms with Crippen LogP contribution in [0, 0.1) is 16.7 Å². The molecule has 3 aliphatic carbocycles. The van der Waals surface area contributed by atoms with Gasteiger partial charge in [-0.2, -0.15) is 0 Å². The zero-order chi connectivity index (χ0) is 11.3. The van der Waals surface area contributed by atoms with Crippen LogP contribution in [-0.2, 0) is 4.79 Å². The molecule has 0 amide bonds. The van der Waals surface area contributed by atoms with Gasteiger partial charge in [0.25, 0.3) is 0 Å². The van der Waals surface area contributed by atoms with Crippen LogP contribution in [0.4, 0.5) is 0 Å². The lowest BCUT2D eigenvalue weighted by molar-refractivity contribution is -0.224. The lowest BCUT2D eigenvalue weighted by Gasteiger charge is -2.72. The van der Waals surface area contributed by atoms with E-state index in [4.69, 9.17) is 10.8 Å². The highest BCUT2D eigenvalue weighted by Gasteiger charge is 2.70. The third-order valence-corrected chi connectivity index (χ3v) is 4.36. The molecule has 0 saturated heterocycles. The first-order chi connectivity index (χ1) is 6.89. The van der Waals surface area contributed by atoms with Gasteiger partial charge in [-0.1, -0.05) is 20.3 Å². The Morgan fingerprint density at radius 2 is 1.93 bits per heavy atom. The molecular formula is C12H21NO2. The summed E-state index contributed by atoms with van der Waals surface area (Å²) < 4.78 is 0. The number of carboxylic acid groups (broad SMARTS) is 1. The van der Waals surface area contributed by atoms with Gasteiger partial charge in [-0.05, 0) is 42.4 Å². The van der Waals surface area contributed by atoms with E-state index in [-0.39, 0.29) is 5.41 Å². The van der Waals surface area contributed by atoms with Crippen LogP contribution in [0.5, 0.6) is 0 Å². The second-order valence-electron chi connectivity index (χ2n) is 6.14. The standard InChI is InChI=1S/C12H21NO2/c1-8(2)3-4-11-5-12(6-11,7-11)9(13)10(14)15/h8-9H,3-7,13H2,1-2H3,(H,14,15). The Morgan fingerprint density at radius 3 is 2.33 bits per heavy atom. The maximum atomic E-state index is 10.8. The first-order valence-electron chi connectivity index (χ1n) is 5.88. The van der Waals surface area contributed by atoms with Crippen molar-refractivity contribution >= 4 is 5.97 Å². The van der Waals surface area contributed by atoms with E-state index in [9.17, 15) is 4.79 Å². The lowest BCUT2D eigenvalue weighted by Crippen LogP contribution is -2.70. The van der Waals surface area contributed by atoms with Crippen LogP contribution < -0.4 is 5.73 Å². The Hall–Kier alpha value is -0.570. The number of rotatable bonds is 5. The molecular weight excluding hydrogens is 190 g/mol. The highest BCUT2D eigenvalue weighted by molar-refractivity contribution is 5.75. The van der Waals surface area contributed by atoms with Crippen LogP contribution in [0.2, 0.25) is 0 Å². The van der Waals surface area contributed by atoms with Crippen molar-refractivity contribution in [2.24, 2.45) is 22.5 Å². The van der Waals surface area contributed by atoms with Crippen molar-refractivity contribution in [3.05, 3.63) is 0 Å². The van der Waals surface area contributed by atoms with E-state index < -0.39 is 12.0 Å². The molecule has 2 bridgehead atoms. The predicted molar refractivity (Wildman–Crippen MR) is 58.4 cm³/mol. The van der Waals surface area contributed by atoms with Crippen LogP contribution in [0.15, 0.2) is 0 Å². The van der Waals surface area contributed by atoms with Crippen LogP contribution in [0.25, 0.3) is 0 Å². The number of hydrogen-bond acceptors (Lipinski definition) is 2. The zero-order valence-electron chi connectivity index (χ0n) is 9.62. The molecule has 0 radical (unpaired) electrons. The predicted octanol–water partition coefficient (Wildman–Crippen LogP) is 2.00. The monoisotopic (exact) mass is 211 g/mol. The molecule has 3 fully saturated rings. The molecule has 1 unspecified atom stereocenters. The summed E-state index contributed by atoms with van der Waals surface area (Å²) in [6.07, 6.45) is 5.69. The molecule has 3 saturated carbocycles. The van der Waals surface area contributed by atoms with Crippen molar-refractivity contribution in [1.82, 2.24) is 0 Å². The molecule has 3 rings (SSSR count). The summed E-state index contributed by atoms with van der Waals surface area (Å²) in [4.78, 5) is 10.8. The molecule has 0 spiro atoms. The second kappa shape index (κ2) is 3.21. The SMILES string of the molecule is CC(C)CCC12CC(C(N)C(=O)O)(C1)C2. The van der Waals surface area contributed by atoms with Gasteiger partial charge in [0.1, 0.15) is 6.04 Å². The molecule has 3 heteroatoms. The molecule has 3 nitrogen and oxygen atoms in total. The first kappa shape index (κ1) is 10.9. The quantitative estimate of drug-likeness (QED) is 0.731. The average molecular weight is 211 g/mol. The van der Waals surface area contributed by atoms with Gasteiger partial charge in [-0.15, -0.1) is 0 Å². The van der Waals surface area contributed by atoms with Crippen molar-refractivity contribution in [2.75, 3.05) is 0 Å². The fourth-order valence-electron chi connectivity index (χ4n) is 3.54. The number of hydrogen-bond donors (Lipinski definition) is 2. The van der Waals surface area contributed by atoms with Crippen molar-refractivity contribution in [2.45, 2.75) is 52.0 Å². The van der Waals surface area contributed by atoms with Crippen molar-refractivity contribution in [1.29, 1.82) is 0 Å². The summed E-state index contributed by atoms with van der Waals surface area (Å²) in [7, 11) is 0. The fraction of sp³-hybridized carbons (Fsp3) is 0.917. The second-order valence-corrected chi connectivity index (χ2v) is 6.14. The van der Waals surface area contributed by atoms with Gasteiger partial charge in [0.15, 0.2) is 0 Å². The molecule has 0 aromatic carbocycles. The summed E-state index contributed by atoms with van der Waals surface area (Å²) in [5.74, 6) is -0.0738. The minimum Gasteiger partial charge on any atom is -0.480 e. The number of aliphatic carboxylic acids is 1. The van der Waals surface area contributed by atoms with Gasteiger partial charge in [0.05, 0.1) is 0 Å². The normalized spacial score (nSPS) is 39.5. The molecule has 0 heterocycles. The molecule has 1 atom stereocenters. The number of carboxylic acids is 1. The van der Waals surface area contributed by atoms with E-state index in [1.807, 2.05) is 0 Å². The van der Waals surface area contributed by atoms with Gasteiger partial charge < -0.3 is 10.8 Å². The van der Waals surface area contributed by atoms with Crippen LogP contribution in [0.3, 0.4) is 0 Å². The molecule has 0 aliphatic heterocycles. The highest BCUT2D eigenvalue weighted by atomic mass is 16.4. The maximum absolute atomic E-state index is 10.8. The van der Waals surface area contributed by atoms with Gasteiger partial charge >= 0.3 is 5.97 Å². The lowest BCUT2D eigenvalue weighted by atomic mass is 9.32.